The van der Waals surface area contributed by atoms with Gasteiger partial charge in [0.15, 0.2) is 5.58 Å². The number of likely N-dealkylation sites (tertiary alicyclic amines) is 1. The summed E-state index contributed by atoms with van der Waals surface area (Å²) >= 11 is 0. The van der Waals surface area contributed by atoms with E-state index in [-0.39, 0.29) is 0 Å². The lowest BCUT2D eigenvalue weighted by Gasteiger charge is -2.32. The number of hydrogen-bond acceptors (Lipinski definition) is 5. The molecule has 0 saturated carbocycles. The minimum atomic E-state index is 0.409. The van der Waals surface area contributed by atoms with Gasteiger partial charge in [-0.2, -0.15) is 4.98 Å². The Labute approximate surface area is 160 Å². The van der Waals surface area contributed by atoms with Crippen molar-refractivity contribution in [2.75, 3.05) is 25.0 Å². The lowest BCUT2D eigenvalue weighted by atomic mass is 10.0. The molecular weight excluding hydrogens is 338 g/mol. The predicted octanol–water partition coefficient (Wildman–Crippen LogP) is 4.61. The van der Waals surface area contributed by atoms with Gasteiger partial charge < -0.3 is 14.5 Å². The van der Waals surface area contributed by atoms with Gasteiger partial charge in [-0.3, -0.25) is 4.90 Å². The van der Waals surface area contributed by atoms with E-state index in [4.69, 9.17) is 9.15 Å². The Morgan fingerprint density at radius 3 is 2.78 bits per heavy atom. The Hall–Kier alpha value is -2.53. The van der Waals surface area contributed by atoms with Crippen molar-refractivity contribution in [1.29, 1.82) is 0 Å². The first-order valence-corrected chi connectivity index (χ1v) is 9.78. The van der Waals surface area contributed by atoms with Crippen LogP contribution in [0.1, 0.15) is 30.9 Å². The summed E-state index contributed by atoms with van der Waals surface area (Å²) < 4.78 is 11.5. The summed E-state index contributed by atoms with van der Waals surface area (Å²) in [7, 11) is 0. The van der Waals surface area contributed by atoms with Gasteiger partial charge in [-0.25, -0.2) is 0 Å². The van der Waals surface area contributed by atoms with Gasteiger partial charge in [0, 0.05) is 25.7 Å². The van der Waals surface area contributed by atoms with Gasteiger partial charge >= 0.3 is 0 Å². The van der Waals surface area contributed by atoms with Crippen LogP contribution >= 0.6 is 0 Å². The van der Waals surface area contributed by atoms with E-state index in [1.54, 1.807) is 0 Å². The van der Waals surface area contributed by atoms with Crippen LogP contribution in [-0.2, 0) is 6.54 Å². The molecule has 2 heterocycles. The Kier molecular flexibility index (Phi) is 5.30. The van der Waals surface area contributed by atoms with E-state index < -0.39 is 0 Å². The first kappa shape index (κ1) is 17.9. The molecule has 4 rings (SSSR count). The fraction of sp³-hybridized carbons (Fsp3) is 0.409. The van der Waals surface area contributed by atoms with Gasteiger partial charge in [-0.05, 0) is 56.0 Å². The van der Waals surface area contributed by atoms with Crippen molar-refractivity contribution < 1.29 is 9.15 Å². The van der Waals surface area contributed by atoms with Gasteiger partial charge in [-0.1, -0.05) is 24.3 Å². The summed E-state index contributed by atoms with van der Waals surface area (Å²) in [6.07, 6.45) is 2.17. The van der Waals surface area contributed by atoms with Gasteiger partial charge in [0.05, 0.1) is 6.61 Å². The van der Waals surface area contributed by atoms with Crippen molar-refractivity contribution in [1.82, 2.24) is 9.88 Å². The number of benzene rings is 2. The van der Waals surface area contributed by atoms with Crippen LogP contribution in [0.3, 0.4) is 0 Å². The lowest BCUT2D eigenvalue weighted by molar-refractivity contribution is 0.210. The number of fused-ring (bicyclic) bond motifs is 1. The number of rotatable bonds is 6. The Morgan fingerprint density at radius 2 is 2.00 bits per heavy atom. The van der Waals surface area contributed by atoms with Crippen molar-refractivity contribution in [2.24, 2.45) is 0 Å². The highest BCUT2D eigenvalue weighted by atomic mass is 16.5. The van der Waals surface area contributed by atoms with Crippen molar-refractivity contribution in [3.63, 3.8) is 0 Å². The van der Waals surface area contributed by atoms with E-state index in [0.29, 0.717) is 18.7 Å². The summed E-state index contributed by atoms with van der Waals surface area (Å²) in [5.41, 5.74) is 4.25. The van der Waals surface area contributed by atoms with Crippen molar-refractivity contribution in [3.8, 4) is 5.75 Å². The molecule has 142 valence electrons. The highest BCUT2D eigenvalue weighted by Crippen LogP contribution is 2.24. The van der Waals surface area contributed by atoms with Crippen LogP contribution in [0, 0.1) is 6.92 Å². The van der Waals surface area contributed by atoms with Gasteiger partial charge in [0.1, 0.15) is 11.3 Å². The largest absolute Gasteiger partial charge is 0.494 e. The molecule has 5 heteroatoms. The van der Waals surface area contributed by atoms with Crippen molar-refractivity contribution in [2.45, 2.75) is 39.3 Å². The Balaban J connectivity index is 1.31. The van der Waals surface area contributed by atoms with Gasteiger partial charge in [0.2, 0.25) is 0 Å². The molecule has 1 aliphatic heterocycles. The standard InChI is InChI=1S/C22H27N3O2/c1-3-26-21-14-17(9-8-16(21)2)15-25-12-10-18(11-13-25)23-22-24-19-6-4-5-7-20(19)27-22/h4-9,14,18H,3,10-13,15H2,1-2H3,(H,23,24). The molecule has 0 amide bonds. The summed E-state index contributed by atoms with van der Waals surface area (Å²) in [5.74, 6) is 1.00. The normalized spacial score (nSPS) is 15.9. The van der Waals surface area contributed by atoms with Crippen molar-refractivity contribution in [3.05, 3.63) is 53.6 Å². The molecule has 5 nitrogen and oxygen atoms in total. The maximum absolute atomic E-state index is 5.79. The molecule has 1 aliphatic rings. The summed E-state index contributed by atoms with van der Waals surface area (Å²) in [6, 6.07) is 15.5. The van der Waals surface area contributed by atoms with Crippen LogP contribution in [0.15, 0.2) is 46.9 Å². The van der Waals surface area contributed by atoms with E-state index in [1.807, 2.05) is 31.2 Å². The topological polar surface area (TPSA) is 50.5 Å². The molecule has 1 fully saturated rings. The minimum Gasteiger partial charge on any atom is -0.494 e. The number of piperidine rings is 1. The summed E-state index contributed by atoms with van der Waals surface area (Å²) in [6.45, 7) is 7.93. The number of para-hydroxylation sites is 2. The predicted molar refractivity (Wildman–Crippen MR) is 108 cm³/mol. The minimum absolute atomic E-state index is 0.409. The number of oxazole rings is 1. The van der Waals surface area contributed by atoms with Crippen LogP contribution in [0.5, 0.6) is 5.75 Å². The molecule has 0 unspecified atom stereocenters. The average Bonchev–Trinajstić information content (AvgIpc) is 3.08. The third-order valence-corrected chi connectivity index (χ3v) is 5.17. The zero-order valence-electron chi connectivity index (χ0n) is 16.1. The highest BCUT2D eigenvalue weighted by Gasteiger charge is 2.21. The molecule has 0 aliphatic carbocycles. The number of nitrogens with zero attached hydrogens (tertiary/aromatic N) is 2. The maximum atomic E-state index is 5.79. The average molecular weight is 365 g/mol. The van der Waals surface area contributed by atoms with Crippen LogP contribution in [-0.4, -0.2) is 35.6 Å². The van der Waals surface area contributed by atoms with Crippen LogP contribution in [0.25, 0.3) is 11.1 Å². The fourth-order valence-corrected chi connectivity index (χ4v) is 3.66. The van der Waals surface area contributed by atoms with E-state index in [1.165, 1.54) is 11.1 Å². The smallest absolute Gasteiger partial charge is 0.295 e. The van der Waals surface area contributed by atoms with E-state index in [0.717, 1.165) is 49.3 Å². The zero-order chi connectivity index (χ0) is 18.6. The van der Waals surface area contributed by atoms with Gasteiger partial charge in [-0.15, -0.1) is 0 Å². The number of ether oxygens (including phenoxy) is 1. The molecule has 1 N–H and O–H groups in total. The second-order valence-corrected chi connectivity index (χ2v) is 7.21. The highest BCUT2D eigenvalue weighted by molar-refractivity contribution is 5.74. The first-order chi connectivity index (χ1) is 13.2. The number of aromatic nitrogens is 1. The molecule has 0 spiro atoms. The zero-order valence-corrected chi connectivity index (χ0v) is 16.1. The maximum Gasteiger partial charge on any atom is 0.295 e. The molecule has 1 aromatic heterocycles. The SMILES string of the molecule is CCOc1cc(CN2CCC(Nc3nc4ccccc4o3)CC2)ccc1C. The molecule has 0 atom stereocenters. The third-order valence-electron chi connectivity index (χ3n) is 5.17. The monoisotopic (exact) mass is 365 g/mol. The van der Waals surface area contributed by atoms with E-state index >= 15 is 0 Å². The fourth-order valence-electron chi connectivity index (χ4n) is 3.66. The Morgan fingerprint density at radius 1 is 1.19 bits per heavy atom. The van der Waals surface area contributed by atoms with E-state index in [2.05, 4.69) is 40.3 Å². The molecule has 0 bridgehead atoms. The molecule has 2 aromatic carbocycles. The number of nitrogens with one attached hydrogen (secondary N) is 1. The molecular formula is C22H27N3O2. The van der Waals surface area contributed by atoms with Crippen LogP contribution in [0.2, 0.25) is 0 Å². The second kappa shape index (κ2) is 8.01. The molecule has 27 heavy (non-hydrogen) atoms. The van der Waals surface area contributed by atoms with Gasteiger partial charge in [0.25, 0.3) is 6.01 Å². The number of aryl methyl sites for hydroxylation is 1. The lowest BCUT2D eigenvalue weighted by Crippen LogP contribution is -2.38. The van der Waals surface area contributed by atoms with Crippen LogP contribution < -0.4 is 10.1 Å². The quantitative estimate of drug-likeness (QED) is 0.691. The Bertz CT molecular complexity index is 864. The van der Waals surface area contributed by atoms with Crippen LogP contribution in [0.4, 0.5) is 6.01 Å². The number of anilines is 1. The molecule has 1 saturated heterocycles. The molecule has 3 aromatic rings. The molecule has 0 radical (unpaired) electrons. The first-order valence-electron chi connectivity index (χ1n) is 9.78. The summed E-state index contributed by atoms with van der Waals surface area (Å²) in [4.78, 5) is 7.03. The second-order valence-electron chi connectivity index (χ2n) is 7.21. The third kappa shape index (κ3) is 4.25. The summed E-state index contributed by atoms with van der Waals surface area (Å²) in [5, 5.41) is 3.46. The number of hydrogen-bond donors (Lipinski definition) is 1. The van der Waals surface area contributed by atoms with Crippen molar-refractivity contribution >= 4 is 17.1 Å². The van der Waals surface area contributed by atoms with E-state index in [9.17, 15) is 0 Å².